The van der Waals surface area contributed by atoms with Crippen LogP contribution in [-0.2, 0) is 0 Å². The van der Waals surface area contributed by atoms with E-state index in [1.807, 2.05) is 0 Å². The Bertz CT molecular complexity index is 367. The van der Waals surface area contributed by atoms with Crippen LogP contribution in [0, 0.1) is 6.92 Å². The minimum absolute atomic E-state index is 0.158. The van der Waals surface area contributed by atoms with Crippen LogP contribution < -0.4 is 0 Å². The van der Waals surface area contributed by atoms with E-state index < -0.39 is 0 Å². The number of phenolic OH excluding ortho intramolecular Hbond substituents is 1. The number of rotatable bonds is 2. The highest BCUT2D eigenvalue weighted by atomic mass is 16.3. The number of hydrogen-bond donors (Lipinski definition) is 1. The van der Waals surface area contributed by atoms with Crippen molar-refractivity contribution in [2.75, 3.05) is 0 Å². The molecule has 1 aromatic rings. The van der Waals surface area contributed by atoms with E-state index in [-0.39, 0.29) is 22.7 Å². The Morgan fingerprint density at radius 2 is 2.08 bits per heavy atom. The lowest BCUT2D eigenvalue weighted by Crippen LogP contribution is -1.96. The molecule has 0 aliphatic heterocycles. The summed E-state index contributed by atoms with van der Waals surface area (Å²) in [7, 11) is 0. The monoisotopic (exact) mass is 178 g/mol. The number of aryl methyl sites for hydroxylation is 1. The van der Waals surface area contributed by atoms with E-state index in [9.17, 15) is 14.7 Å². The molecule has 0 spiro atoms. The van der Waals surface area contributed by atoms with Crippen LogP contribution in [-0.4, -0.2) is 17.2 Å². The molecule has 0 saturated carbocycles. The molecule has 0 radical (unpaired) electrons. The normalized spacial score (nSPS) is 9.69. The second kappa shape index (κ2) is 3.39. The van der Waals surface area contributed by atoms with Gasteiger partial charge in [-0.3, -0.25) is 9.59 Å². The predicted molar refractivity (Wildman–Crippen MR) is 48.2 cm³/mol. The number of benzene rings is 1. The zero-order chi connectivity index (χ0) is 10.0. The summed E-state index contributed by atoms with van der Waals surface area (Å²) in [5.41, 5.74) is 1.14. The third-order valence-corrected chi connectivity index (χ3v) is 1.79. The third-order valence-electron chi connectivity index (χ3n) is 1.79. The molecule has 0 atom stereocenters. The molecule has 1 N–H and O–H groups in total. The molecule has 0 unspecified atom stereocenters. The van der Waals surface area contributed by atoms with Crippen LogP contribution in [0.4, 0.5) is 0 Å². The Hall–Kier alpha value is -1.64. The van der Waals surface area contributed by atoms with E-state index in [0.29, 0.717) is 6.29 Å². The maximum absolute atomic E-state index is 11.0. The van der Waals surface area contributed by atoms with E-state index in [1.54, 1.807) is 13.0 Å². The summed E-state index contributed by atoms with van der Waals surface area (Å²) in [5.74, 6) is -0.475. The molecule has 68 valence electrons. The molecular formula is C10H10O3. The molecule has 0 heterocycles. The molecule has 3 nitrogen and oxygen atoms in total. The largest absolute Gasteiger partial charge is 0.506 e. The topological polar surface area (TPSA) is 54.4 Å². The first kappa shape index (κ1) is 9.45. The Labute approximate surface area is 76.0 Å². The highest BCUT2D eigenvalue weighted by Crippen LogP contribution is 2.23. The number of carbonyl (C=O) groups excluding carboxylic acids is 2. The van der Waals surface area contributed by atoms with Gasteiger partial charge in [-0.25, -0.2) is 0 Å². The van der Waals surface area contributed by atoms with E-state index >= 15 is 0 Å². The third kappa shape index (κ3) is 1.75. The molecule has 0 fully saturated rings. The summed E-state index contributed by atoms with van der Waals surface area (Å²) in [5, 5.41) is 9.43. The lowest BCUT2D eigenvalue weighted by molar-refractivity contribution is 0.101. The Balaban J connectivity index is 3.44. The van der Waals surface area contributed by atoms with Gasteiger partial charge in [0.15, 0.2) is 12.1 Å². The Morgan fingerprint density at radius 1 is 1.46 bits per heavy atom. The fourth-order valence-electron chi connectivity index (χ4n) is 1.17. The lowest BCUT2D eigenvalue weighted by atomic mass is 10.0. The SMILES string of the molecule is CC(=O)c1cc(C)cc(C=O)c1O. The van der Waals surface area contributed by atoms with Crippen molar-refractivity contribution in [3.8, 4) is 5.75 Å². The van der Waals surface area contributed by atoms with Crippen molar-refractivity contribution in [2.45, 2.75) is 13.8 Å². The van der Waals surface area contributed by atoms with Crippen molar-refractivity contribution in [3.63, 3.8) is 0 Å². The van der Waals surface area contributed by atoms with Gasteiger partial charge in [-0.05, 0) is 31.5 Å². The second-order valence-corrected chi connectivity index (χ2v) is 2.92. The van der Waals surface area contributed by atoms with Crippen LogP contribution in [0.5, 0.6) is 5.75 Å². The molecule has 0 aliphatic rings. The minimum atomic E-state index is -0.246. The molecule has 0 aliphatic carbocycles. The van der Waals surface area contributed by atoms with Gasteiger partial charge in [0.25, 0.3) is 0 Å². The average molecular weight is 178 g/mol. The van der Waals surface area contributed by atoms with E-state index in [0.717, 1.165) is 5.56 Å². The van der Waals surface area contributed by atoms with E-state index in [2.05, 4.69) is 0 Å². The number of Topliss-reactive ketones (excluding diaryl/α,β-unsaturated/α-hetero) is 1. The molecule has 0 aromatic heterocycles. The van der Waals surface area contributed by atoms with Crippen molar-refractivity contribution in [1.29, 1.82) is 0 Å². The minimum Gasteiger partial charge on any atom is -0.506 e. The maximum atomic E-state index is 11.0. The molecule has 0 amide bonds. The summed E-state index contributed by atoms with van der Waals surface area (Å²) < 4.78 is 0. The first-order chi connectivity index (χ1) is 6.06. The highest BCUT2D eigenvalue weighted by molar-refractivity contribution is 5.99. The van der Waals surface area contributed by atoms with Gasteiger partial charge in [0.05, 0.1) is 11.1 Å². The van der Waals surface area contributed by atoms with E-state index in [4.69, 9.17) is 0 Å². The van der Waals surface area contributed by atoms with Gasteiger partial charge in [-0.2, -0.15) is 0 Å². The Morgan fingerprint density at radius 3 is 2.54 bits per heavy atom. The van der Waals surface area contributed by atoms with Gasteiger partial charge in [0.2, 0.25) is 0 Å². The van der Waals surface area contributed by atoms with Gasteiger partial charge in [-0.1, -0.05) is 0 Å². The van der Waals surface area contributed by atoms with Crippen LogP contribution in [0.25, 0.3) is 0 Å². The number of aromatic hydroxyl groups is 1. The zero-order valence-electron chi connectivity index (χ0n) is 7.50. The fourth-order valence-corrected chi connectivity index (χ4v) is 1.17. The summed E-state index contributed by atoms with van der Waals surface area (Å²) >= 11 is 0. The van der Waals surface area contributed by atoms with E-state index in [1.165, 1.54) is 13.0 Å². The second-order valence-electron chi connectivity index (χ2n) is 2.92. The molecule has 0 saturated heterocycles. The van der Waals surface area contributed by atoms with Crippen LogP contribution >= 0.6 is 0 Å². The van der Waals surface area contributed by atoms with Crippen LogP contribution in [0.2, 0.25) is 0 Å². The molecule has 13 heavy (non-hydrogen) atoms. The number of aldehydes is 1. The molecule has 3 heteroatoms. The van der Waals surface area contributed by atoms with Crippen molar-refractivity contribution in [1.82, 2.24) is 0 Å². The fraction of sp³-hybridized carbons (Fsp3) is 0.200. The first-order valence-corrected chi connectivity index (χ1v) is 3.86. The molecule has 0 bridgehead atoms. The summed E-state index contributed by atoms with van der Waals surface area (Å²) in [6.45, 7) is 3.11. The first-order valence-electron chi connectivity index (χ1n) is 3.86. The number of ketones is 1. The van der Waals surface area contributed by atoms with Crippen LogP contribution in [0.1, 0.15) is 33.2 Å². The lowest BCUT2D eigenvalue weighted by Gasteiger charge is -2.04. The molecule has 1 aromatic carbocycles. The van der Waals surface area contributed by atoms with Gasteiger partial charge in [-0.15, -0.1) is 0 Å². The highest BCUT2D eigenvalue weighted by Gasteiger charge is 2.11. The number of phenols is 1. The summed E-state index contributed by atoms with van der Waals surface area (Å²) in [6, 6.07) is 3.10. The van der Waals surface area contributed by atoms with Crippen LogP contribution in [0.3, 0.4) is 0 Å². The van der Waals surface area contributed by atoms with Gasteiger partial charge < -0.3 is 5.11 Å². The van der Waals surface area contributed by atoms with Crippen molar-refractivity contribution in [3.05, 3.63) is 28.8 Å². The maximum Gasteiger partial charge on any atom is 0.163 e. The van der Waals surface area contributed by atoms with Crippen molar-refractivity contribution in [2.24, 2.45) is 0 Å². The number of hydrogen-bond acceptors (Lipinski definition) is 3. The summed E-state index contributed by atoms with van der Waals surface area (Å²) in [4.78, 5) is 21.5. The molecular weight excluding hydrogens is 168 g/mol. The van der Waals surface area contributed by atoms with Crippen LogP contribution in [0.15, 0.2) is 12.1 Å². The Kier molecular flexibility index (Phi) is 2.46. The van der Waals surface area contributed by atoms with Gasteiger partial charge in [0.1, 0.15) is 5.75 Å². The zero-order valence-corrected chi connectivity index (χ0v) is 7.50. The standard InChI is InChI=1S/C10H10O3/c1-6-3-8(5-11)10(13)9(4-6)7(2)12/h3-5,13H,1-2H3. The molecule has 1 rings (SSSR count). The quantitative estimate of drug-likeness (QED) is 0.554. The summed E-state index contributed by atoms with van der Waals surface area (Å²) in [6.07, 6.45) is 0.536. The van der Waals surface area contributed by atoms with Crippen molar-refractivity contribution >= 4 is 12.1 Å². The number of carbonyl (C=O) groups is 2. The van der Waals surface area contributed by atoms with Gasteiger partial charge in [0, 0.05) is 0 Å². The predicted octanol–water partition coefficient (Wildman–Crippen LogP) is 1.72. The average Bonchev–Trinajstić information content (AvgIpc) is 2.08. The van der Waals surface area contributed by atoms with Crippen molar-refractivity contribution < 1.29 is 14.7 Å². The van der Waals surface area contributed by atoms with Gasteiger partial charge >= 0.3 is 0 Å². The smallest absolute Gasteiger partial charge is 0.163 e.